The van der Waals surface area contributed by atoms with E-state index in [4.69, 9.17) is 16.3 Å². The molecule has 0 bridgehead atoms. The standard InChI is InChI=1S/C10H11ClO/c1-3-4-8-7-9(11)5-6-10(8)12-2/h3-7H,1-2H3/b4-3+. The van der Waals surface area contributed by atoms with Crippen molar-refractivity contribution in [2.75, 3.05) is 7.11 Å². The molecule has 0 spiro atoms. The number of rotatable bonds is 2. The molecule has 0 unspecified atom stereocenters. The molecule has 0 fully saturated rings. The van der Waals surface area contributed by atoms with E-state index in [0.717, 1.165) is 16.3 Å². The van der Waals surface area contributed by atoms with Crippen LogP contribution in [0.1, 0.15) is 12.5 Å². The minimum absolute atomic E-state index is 0.726. The molecular formula is C10H11ClO. The predicted molar refractivity (Wildman–Crippen MR) is 52.7 cm³/mol. The van der Waals surface area contributed by atoms with Gasteiger partial charge in [0.1, 0.15) is 5.75 Å². The molecule has 0 heterocycles. The highest BCUT2D eigenvalue weighted by molar-refractivity contribution is 6.30. The van der Waals surface area contributed by atoms with Crippen molar-refractivity contribution in [1.29, 1.82) is 0 Å². The van der Waals surface area contributed by atoms with Crippen molar-refractivity contribution < 1.29 is 4.74 Å². The Labute approximate surface area is 77.6 Å². The SMILES string of the molecule is C/C=C/c1cc(Cl)ccc1OC. The molecule has 0 aliphatic rings. The Morgan fingerprint density at radius 1 is 1.42 bits per heavy atom. The Morgan fingerprint density at radius 3 is 2.75 bits per heavy atom. The second-order valence-corrected chi connectivity index (χ2v) is 2.82. The summed E-state index contributed by atoms with van der Waals surface area (Å²) in [6.07, 6.45) is 3.92. The maximum Gasteiger partial charge on any atom is 0.126 e. The summed E-state index contributed by atoms with van der Waals surface area (Å²) in [6, 6.07) is 5.55. The van der Waals surface area contributed by atoms with Crippen LogP contribution in [0.2, 0.25) is 5.02 Å². The molecule has 2 heteroatoms. The zero-order valence-electron chi connectivity index (χ0n) is 7.17. The quantitative estimate of drug-likeness (QED) is 0.682. The Hall–Kier alpha value is -0.950. The lowest BCUT2D eigenvalue weighted by Gasteiger charge is -2.03. The van der Waals surface area contributed by atoms with Gasteiger partial charge in [0.05, 0.1) is 7.11 Å². The van der Waals surface area contributed by atoms with Gasteiger partial charge >= 0.3 is 0 Å². The molecule has 0 aliphatic carbocycles. The Balaban J connectivity index is 3.12. The van der Waals surface area contributed by atoms with Crippen molar-refractivity contribution in [3.63, 3.8) is 0 Å². The average Bonchev–Trinajstić information content (AvgIpc) is 2.05. The maximum absolute atomic E-state index is 5.82. The van der Waals surface area contributed by atoms with Gasteiger partial charge in [-0.05, 0) is 25.1 Å². The molecule has 0 saturated carbocycles. The van der Waals surface area contributed by atoms with Crippen molar-refractivity contribution in [3.05, 3.63) is 34.9 Å². The van der Waals surface area contributed by atoms with Gasteiger partial charge in [-0.3, -0.25) is 0 Å². The first-order valence-corrected chi connectivity index (χ1v) is 4.12. The van der Waals surface area contributed by atoms with Crippen LogP contribution in [0, 0.1) is 0 Å². The second-order valence-electron chi connectivity index (χ2n) is 2.39. The number of halogens is 1. The fourth-order valence-electron chi connectivity index (χ4n) is 1.02. The summed E-state index contributed by atoms with van der Waals surface area (Å²) >= 11 is 5.82. The molecule has 0 radical (unpaired) electrons. The third-order valence-electron chi connectivity index (χ3n) is 1.54. The first-order chi connectivity index (χ1) is 5.77. The van der Waals surface area contributed by atoms with E-state index in [-0.39, 0.29) is 0 Å². The summed E-state index contributed by atoms with van der Waals surface area (Å²) in [5.41, 5.74) is 1.01. The molecule has 0 aromatic heterocycles. The number of allylic oxidation sites excluding steroid dienone is 1. The van der Waals surface area contributed by atoms with Gasteiger partial charge in [-0.15, -0.1) is 0 Å². The van der Waals surface area contributed by atoms with Crippen LogP contribution < -0.4 is 4.74 Å². The summed E-state index contributed by atoms with van der Waals surface area (Å²) in [5, 5.41) is 0.726. The van der Waals surface area contributed by atoms with Gasteiger partial charge in [0, 0.05) is 10.6 Å². The molecule has 1 aromatic rings. The van der Waals surface area contributed by atoms with E-state index in [9.17, 15) is 0 Å². The molecule has 0 amide bonds. The molecule has 64 valence electrons. The zero-order valence-corrected chi connectivity index (χ0v) is 7.93. The summed E-state index contributed by atoms with van der Waals surface area (Å²) in [4.78, 5) is 0. The fraction of sp³-hybridized carbons (Fsp3) is 0.200. The number of ether oxygens (including phenoxy) is 1. The van der Waals surface area contributed by atoms with E-state index < -0.39 is 0 Å². The van der Waals surface area contributed by atoms with Crippen molar-refractivity contribution in [2.24, 2.45) is 0 Å². The highest BCUT2D eigenvalue weighted by atomic mass is 35.5. The van der Waals surface area contributed by atoms with Crippen molar-refractivity contribution >= 4 is 17.7 Å². The van der Waals surface area contributed by atoms with Crippen LogP contribution >= 0.6 is 11.6 Å². The van der Waals surface area contributed by atoms with Gasteiger partial charge in [0.25, 0.3) is 0 Å². The second kappa shape index (κ2) is 4.17. The number of benzene rings is 1. The number of hydrogen-bond donors (Lipinski definition) is 0. The van der Waals surface area contributed by atoms with Gasteiger partial charge < -0.3 is 4.74 Å². The molecule has 0 atom stereocenters. The maximum atomic E-state index is 5.82. The lowest BCUT2D eigenvalue weighted by molar-refractivity contribution is 0.414. The van der Waals surface area contributed by atoms with E-state index in [2.05, 4.69) is 0 Å². The van der Waals surface area contributed by atoms with E-state index in [1.807, 2.05) is 37.3 Å². The summed E-state index contributed by atoms with van der Waals surface area (Å²) < 4.78 is 5.14. The zero-order chi connectivity index (χ0) is 8.97. The van der Waals surface area contributed by atoms with Gasteiger partial charge in [-0.1, -0.05) is 23.8 Å². The van der Waals surface area contributed by atoms with Crippen LogP contribution in [-0.2, 0) is 0 Å². The third kappa shape index (κ3) is 2.02. The van der Waals surface area contributed by atoms with Crippen LogP contribution in [-0.4, -0.2) is 7.11 Å². The highest BCUT2D eigenvalue weighted by Crippen LogP contribution is 2.23. The van der Waals surface area contributed by atoms with Crippen LogP contribution in [0.25, 0.3) is 6.08 Å². The minimum Gasteiger partial charge on any atom is -0.496 e. The monoisotopic (exact) mass is 182 g/mol. The van der Waals surface area contributed by atoms with Crippen molar-refractivity contribution in [3.8, 4) is 5.75 Å². The van der Waals surface area contributed by atoms with Gasteiger partial charge in [-0.2, -0.15) is 0 Å². The lowest BCUT2D eigenvalue weighted by atomic mass is 10.2. The van der Waals surface area contributed by atoms with Crippen LogP contribution in [0.5, 0.6) is 5.75 Å². The smallest absolute Gasteiger partial charge is 0.126 e. The lowest BCUT2D eigenvalue weighted by Crippen LogP contribution is -1.85. The summed E-state index contributed by atoms with van der Waals surface area (Å²) in [6.45, 7) is 1.96. The van der Waals surface area contributed by atoms with Gasteiger partial charge in [0.2, 0.25) is 0 Å². The molecule has 0 saturated heterocycles. The number of methoxy groups -OCH3 is 1. The summed E-state index contributed by atoms with van der Waals surface area (Å²) in [5.74, 6) is 0.845. The number of hydrogen-bond acceptors (Lipinski definition) is 1. The largest absolute Gasteiger partial charge is 0.496 e. The fourth-order valence-corrected chi connectivity index (χ4v) is 1.20. The Morgan fingerprint density at radius 2 is 2.17 bits per heavy atom. The van der Waals surface area contributed by atoms with Gasteiger partial charge in [0.15, 0.2) is 0 Å². The van der Waals surface area contributed by atoms with E-state index in [1.54, 1.807) is 7.11 Å². The molecular weight excluding hydrogens is 172 g/mol. The first-order valence-electron chi connectivity index (χ1n) is 3.74. The molecule has 1 aromatic carbocycles. The normalized spacial score (nSPS) is 10.6. The topological polar surface area (TPSA) is 9.23 Å². The van der Waals surface area contributed by atoms with Crippen LogP contribution in [0.15, 0.2) is 24.3 Å². The van der Waals surface area contributed by atoms with Gasteiger partial charge in [-0.25, -0.2) is 0 Å². The summed E-state index contributed by atoms with van der Waals surface area (Å²) in [7, 11) is 1.65. The third-order valence-corrected chi connectivity index (χ3v) is 1.77. The predicted octanol–water partition coefficient (Wildman–Crippen LogP) is 3.38. The van der Waals surface area contributed by atoms with E-state index >= 15 is 0 Å². The van der Waals surface area contributed by atoms with Crippen molar-refractivity contribution in [1.82, 2.24) is 0 Å². The highest BCUT2D eigenvalue weighted by Gasteiger charge is 1.98. The van der Waals surface area contributed by atoms with Crippen LogP contribution in [0.3, 0.4) is 0 Å². The van der Waals surface area contributed by atoms with Crippen LogP contribution in [0.4, 0.5) is 0 Å². The van der Waals surface area contributed by atoms with E-state index in [0.29, 0.717) is 0 Å². The molecule has 1 rings (SSSR count). The Kier molecular flexibility index (Phi) is 3.18. The minimum atomic E-state index is 0.726. The first kappa shape index (κ1) is 9.14. The van der Waals surface area contributed by atoms with Crippen molar-refractivity contribution in [2.45, 2.75) is 6.92 Å². The molecule has 1 nitrogen and oxygen atoms in total. The molecule has 0 aliphatic heterocycles. The molecule has 0 N–H and O–H groups in total. The molecule has 12 heavy (non-hydrogen) atoms. The van der Waals surface area contributed by atoms with E-state index in [1.165, 1.54) is 0 Å². The average molecular weight is 183 g/mol. The Bertz CT molecular complexity index is 292.